The SMILES string of the molecule is O=C(O)CCC(CCC(=O)O)(CCC(=O)O)NC(=O)CCN=CC(=O)c1ccccc1. The van der Waals surface area contributed by atoms with Crippen LogP contribution in [0.3, 0.4) is 0 Å². The number of hydrogen-bond acceptors (Lipinski definition) is 6. The van der Waals surface area contributed by atoms with Gasteiger partial charge in [-0.3, -0.25) is 29.0 Å². The van der Waals surface area contributed by atoms with Gasteiger partial charge >= 0.3 is 17.9 Å². The highest BCUT2D eigenvalue weighted by atomic mass is 16.4. The van der Waals surface area contributed by atoms with Gasteiger partial charge in [-0.2, -0.15) is 0 Å². The molecule has 168 valence electrons. The fourth-order valence-electron chi connectivity index (χ4n) is 2.95. The summed E-state index contributed by atoms with van der Waals surface area (Å²) in [7, 11) is 0. The zero-order chi connectivity index (χ0) is 23.3. The average molecular weight is 434 g/mol. The number of nitrogens with one attached hydrogen (secondary N) is 1. The number of nitrogens with zero attached hydrogens (tertiary/aromatic N) is 1. The first-order valence-electron chi connectivity index (χ1n) is 9.69. The second kappa shape index (κ2) is 12.9. The van der Waals surface area contributed by atoms with E-state index in [0.29, 0.717) is 5.56 Å². The Labute approximate surface area is 179 Å². The van der Waals surface area contributed by atoms with Crippen LogP contribution in [0, 0.1) is 0 Å². The van der Waals surface area contributed by atoms with Gasteiger partial charge in [-0.1, -0.05) is 30.3 Å². The molecule has 1 aromatic rings. The molecule has 10 nitrogen and oxygen atoms in total. The molecule has 0 atom stereocenters. The summed E-state index contributed by atoms with van der Waals surface area (Å²) in [5, 5.41) is 29.6. The molecule has 0 aromatic heterocycles. The fourth-order valence-corrected chi connectivity index (χ4v) is 2.95. The summed E-state index contributed by atoms with van der Waals surface area (Å²) in [6, 6.07) is 8.44. The third-order valence-corrected chi connectivity index (χ3v) is 4.59. The number of benzene rings is 1. The maximum Gasteiger partial charge on any atom is 0.303 e. The number of carboxylic acids is 3. The molecule has 1 amide bonds. The van der Waals surface area contributed by atoms with Crippen LogP contribution in [0.1, 0.15) is 55.3 Å². The summed E-state index contributed by atoms with van der Waals surface area (Å²) in [4.78, 5) is 61.3. The van der Waals surface area contributed by atoms with E-state index in [-0.39, 0.29) is 57.3 Å². The summed E-state index contributed by atoms with van der Waals surface area (Å²) in [5.74, 6) is -4.29. The van der Waals surface area contributed by atoms with Crippen molar-refractivity contribution in [1.82, 2.24) is 5.32 Å². The van der Waals surface area contributed by atoms with Crippen LogP contribution in [0.2, 0.25) is 0 Å². The van der Waals surface area contributed by atoms with Crippen LogP contribution in [-0.4, -0.2) is 63.2 Å². The molecule has 0 aliphatic heterocycles. The van der Waals surface area contributed by atoms with Crippen molar-refractivity contribution >= 4 is 35.8 Å². The minimum absolute atomic E-state index is 0.0166. The van der Waals surface area contributed by atoms with Crippen LogP contribution >= 0.6 is 0 Å². The Bertz CT molecular complexity index is 774. The van der Waals surface area contributed by atoms with Gasteiger partial charge in [0, 0.05) is 43.3 Å². The predicted molar refractivity (Wildman–Crippen MR) is 110 cm³/mol. The molecule has 0 heterocycles. The van der Waals surface area contributed by atoms with E-state index in [1.54, 1.807) is 30.3 Å². The van der Waals surface area contributed by atoms with Gasteiger partial charge in [0.1, 0.15) is 0 Å². The number of amides is 1. The van der Waals surface area contributed by atoms with E-state index in [2.05, 4.69) is 10.3 Å². The van der Waals surface area contributed by atoms with Gasteiger partial charge in [0.15, 0.2) is 0 Å². The number of aliphatic imine (C=N–C) groups is 1. The number of aliphatic carboxylic acids is 3. The van der Waals surface area contributed by atoms with Gasteiger partial charge in [-0.05, 0) is 19.3 Å². The van der Waals surface area contributed by atoms with Crippen LogP contribution in [-0.2, 0) is 19.2 Å². The van der Waals surface area contributed by atoms with Gasteiger partial charge < -0.3 is 20.6 Å². The molecule has 0 bridgehead atoms. The van der Waals surface area contributed by atoms with Crippen molar-refractivity contribution in [3.05, 3.63) is 35.9 Å². The molecule has 0 aliphatic carbocycles. The van der Waals surface area contributed by atoms with Crippen LogP contribution < -0.4 is 5.32 Å². The number of carbonyl (C=O) groups excluding carboxylic acids is 2. The van der Waals surface area contributed by atoms with E-state index in [0.717, 1.165) is 6.21 Å². The highest BCUT2D eigenvalue weighted by molar-refractivity contribution is 6.35. The van der Waals surface area contributed by atoms with Crippen LogP contribution in [0.25, 0.3) is 0 Å². The molecule has 4 N–H and O–H groups in total. The Morgan fingerprint density at radius 3 is 1.74 bits per heavy atom. The lowest BCUT2D eigenvalue weighted by Crippen LogP contribution is -2.49. The smallest absolute Gasteiger partial charge is 0.303 e. The quantitative estimate of drug-likeness (QED) is 0.239. The highest BCUT2D eigenvalue weighted by Crippen LogP contribution is 2.26. The highest BCUT2D eigenvalue weighted by Gasteiger charge is 2.33. The lowest BCUT2D eigenvalue weighted by molar-refractivity contribution is -0.139. The third kappa shape index (κ3) is 10.7. The normalized spacial score (nSPS) is 11.2. The summed E-state index contributed by atoms with van der Waals surface area (Å²) < 4.78 is 0. The maximum atomic E-state index is 12.4. The first-order chi connectivity index (χ1) is 14.6. The molecule has 10 heteroatoms. The predicted octanol–water partition coefficient (Wildman–Crippen LogP) is 1.78. The van der Waals surface area contributed by atoms with Crippen molar-refractivity contribution in [3.63, 3.8) is 0 Å². The molecule has 0 fully saturated rings. The first kappa shape index (κ1) is 25.5. The van der Waals surface area contributed by atoms with Crippen LogP contribution in [0.15, 0.2) is 35.3 Å². The lowest BCUT2D eigenvalue weighted by atomic mass is 9.83. The van der Waals surface area contributed by atoms with E-state index < -0.39 is 29.4 Å². The Hall–Kier alpha value is -3.56. The van der Waals surface area contributed by atoms with Gasteiger partial charge in [-0.15, -0.1) is 0 Å². The molecule has 31 heavy (non-hydrogen) atoms. The Morgan fingerprint density at radius 1 is 0.806 bits per heavy atom. The zero-order valence-corrected chi connectivity index (χ0v) is 17.0. The summed E-state index contributed by atoms with van der Waals surface area (Å²) >= 11 is 0. The van der Waals surface area contributed by atoms with Crippen LogP contribution in [0.5, 0.6) is 0 Å². The maximum absolute atomic E-state index is 12.4. The molecule has 1 rings (SSSR count). The molecule has 0 unspecified atom stereocenters. The summed E-state index contributed by atoms with van der Waals surface area (Å²) in [6.45, 7) is -0.0166. The molecule has 0 saturated heterocycles. The van der Waals surface area contributed by atoms with E-state index in [4.69, 9.17) is 15.3 Å². The zero-order valence-electron chi connectivity index (χ0n) is 17.0. The largest absolute Gasteiger partial charge is 0.481 e. The molecular weight excluding hydrogens is 408 g/mol. The van der Waals surface area contributed by atoms with Crippen molar-refractivity contribution in [1.29, 1.82) is 0 Å². The van der Waals surface area contributed by atoms with Crippen molar-refractivity contribution in [2.75, 3.05) is 6.54 Å². The number of Topliss-reactive ketones (excluding diaryl/α,β-unsaturated/α-hetero) is 1. The average Bonchev–Trinajstić information content (AvgIpc) is 2.72. The Morgan fingerprint density at radius 2 is 1.29 bits per heavy atom. The number of carbonyl (C=O) groups is 5. The van der Waals surface area contributed by atoms with E-state index in [1.165, 1.54) is 0 Å². The fraction of sp³-hybridized carbons (Fsp3) is 0.429. The van der Waals surface area contributed by atoms with Gasteiger partial charge in [0.2, 0.25) is 11.7 Å². The molecule has 0 radical (unpaired) electrons. The molecular formula is C21H26N2O8. The molecule has 0 aliphatic rings. The van der Waals surface area contributed by atoms with Crippen molar-refractivity contribution < 1.29 is 39.3 Å². The monoisotopic (exact) mass is 434 g/mol. The van der Waals surface area contributed by atoms with Crippen molar-refractivity contribution in [3.8, 4) is 0 Å². The van der Waals surface area contributed by atoms with E-state index >= 15 is 0 Å². The Kier molecular flexibility index (Phi) is 10.6. The minimum Gasteiger partial charge on any atom is -0.481 e. The summed E-state index contributed by atoms with van der Waals surface area (Å²) in [5.41, 5.74) is -0.832. The number of carboxylic acid groups (broad SMARTS) is 3. The third-order valence-electron chi connectivity index (χ3n) is 4.59. The second-order valence-corrected chi connectivity index (χ2v) is 7.03. The number of ketones is 1. The first-order valence-corrected chi connectivity index (χ1v) is 9.69. The topological polar surface area (TPSA) is 170 Å². The lowest BCUT2D eigenvalue weighted by Gasteiger charge is -2.34. The van der Waals surface area contributed by atoms with E-state index in [9.17, 15) is 24.0 Å². The second-order valence-electron chi connectivity index (χ2n) is 7.03. The number of hydrogen-bond donors (Lipinski definition) is 4. The number of rotatable bonds is 15. The van der Waals surface area contributed by atoms with Gasteiger partial charge in [0.05, 0.1) is 6.21 Å². The van der Waals surface area contributed by atoms with Gasteiger partial charge in [0.25, 0.3) is 0 Å². The van der Waals surface area contributed by atoms with E-state index in [1.807, 2.05) is 0 Å². The summed E-state index contributed by atoms with van der Waals surface area (Å²) in [6.07, 6.45) is -0.419. The van der Waals surface area contributed by atoms with Crippen molar-refractivity contribution in [2.45, 2.75) is 50.5 Å². The molecule has 0 spiro atoms. The molecule has 0 saturated carbocycles. The molecule has 1 aromatic carbocycles. The van der Waals surface area contributed by atoms with Crippen LogP contribution in [0.4, 0.5) is 0 Å². The van der Waals surface area contributed by atoms with Gasteiger partial charge in [-0.25, -0.2) is 0 Å². The standard InChI is InChI=1S/C21H26N2O8/c24-16(15-4-2-1-3-5-15)14-22-13-9-17(25)23-21(10-6-18(26)27,11-7-19(28)29)12-8-20(30)31/h1-5,14H,6-13H2,(H,23,25)(H,26,27)(H,28,29)(H,30,31). The Balaban J connectivity index is 2.77. The minimum atomic E-state index is -1.28. The van der Waals surface area contributed by atoms with Crippen molar-refractivity contribution in [2.24, 2.45) is 4.99 Å².